The lowest BCUT2D eigenvalue weighted by Crippen LogP contribution is -2.34. The maximum Gasteiger partial charge on any atom is 0.251 e. The van der Waals surface area contributed by atoms with Crippen molar-refractivity contribution in [3.63, 3.8) is 0 Å². The van der Waals surface area contributed by atoms with Gasteiger partial charge in [0.15, 0.2) is 0 Å². The fourth-order valence-electron chi connectivity index (χ4n) is 2.96. The molecule has 0 saturated heterocycles. The van der Waals surface area contributed by atoms with Gasteiger partial charge >= 0.3 is 0 Å². The molecule has 3 rings (SSSR count). The second-order valence-electron chi connectivity index (χ2n) is 5.95. The monoisotopic (exact) mass is 348 g/mol. The molecule has 1 aliphatic carbocycles. The number of rotatable bonds is 3. The van der Waals surface area contributed by atoms with Gasteiger partial charge in [0, 0.05) is 33.3 Å². The lowest BCUT2D eigenvalue weighted by Gasteiger charge is -2.13. The fourth-order valence-corrected chi connectivity index (χ4v) is 3.36. The first-order valence-corrected chi connectivity index (χ1v) is 8.40. The number of benzene rings is 2. The van der Waals surface area contributed by atoms with Crippen LogP contribution in [0.4, 0.5) is 0 Å². The van der Waals surface area contributed by atoms with Crippen molar-refractivity contribution in [1.29, 1.82) is 0 Å². The number of amides is 1. The van der Waals surface area contributed by atoms with Crippen LogP contribution in [0.3, 0.4) is 0 Å². The highest BCUT2D eigenvalue weighted by molar-refractivity contribution is 6.35. The van der Waals surface area contributed by atoms with Gasteiger partial charge < -0.3 is 11.1 Å². The zero-order valence-electron chi connectivity index (χ0n) is 12.6. The zero-order valence-corrected chi connectivity index (χ0v) is 14.1. The van der Waals surface area contributed by atoms with E-state index in [4.69, 9.17) is 28.9 Å². The van der Waals surface area contributed by atoms with Gasteiger partial charge in [0.1, 0.15) is 0 Å². The van der Waals surface area contributed by atoms with Gasteiger partial charge in [0.05, 0.1) is 0 Å². The summed E-state index contributed by atoms with van der Waals surface area (Å²) in [6, 6.07) is 13.1. The van der Waals surface area contributed by atoms with E-state index < -0.39 is 0 Å². The van der Waals surface area contributed by atoms with Crippen molar-refractivity contribution in [3.8, 4) is 11.1 Å². The molecule has 0 bridgehead atoms. The van der Waals surface area contributed by atoms with Crippen molar-refractivity contribution in [3.05, 3.63) is 58.1 Å². The first-order chi connectivity index (χ1) is 11.0. The van der Waals surface area contributed by atoms with Gasteiger partial charge in [-0.15, -0.1) is 0 Å². The number of halogens is 2. The van der Waals surface area contributed by atoms with Gasteiger partial charge in [0.25, 0.3) is 5.91 Å². The summed E-state index contributed by atoms with van der Waals surface area (Å²) < 4.78 is 0. The Bertz CT molecular complexity index is 733. The summed E-state index contributed by atoms with van der Waals surface area (Å²) in [6.07, 6.45) is 2.74. The Balaban J connectivity index is 1.82. The second kappa shape index (κ2) is 6.91. The SMILES string of the molecule is NC1CCC(NC(=O)c2cccc(-c3cc(Cl)ccc3Cl)c2)C1. The molecule has 1 amide bonds. The fraction of sp³-hybridized carbons (Fsp3) is 0.278. The molecule has 1 saturated carbocycles. The summed E-state index contributed by atoms with van der Waals surface area (Å²) in [5.74, 6) is -0.0795. The Morgan fingerprint density at radius 1 is 1.13 bits per heavy atom. The Morgan fingerprint density at radius 3 is 2.70 bits per heavy atom. The van der Waals surface area contributed by atoms with Crippen LogP contribution in [-0.2, 0) is 0 Å². The molecule has 0 radical (unpaired) electrons. The van der Waals surface area contributed by atoms with Crippen molar-refractivity contribution in [2.24, 2.45) is 5.73 Å². The molecule has 2 unspecified atom stereocenters. The maximum absolute atomic E-state index is 12.4. The average molecular weight is 349 g/mol. The Kier molecular flexibility index (Phi) is 4.90. The highest BCUT2D eigenvalue weighted by Gasteiger charge is 2.23. The van der Waals surface area contributed by atoms with Crippen LogP contribution in [0.2, 0.25) is 10.0 Å². The predicted octanol–water partition coefficient (Wildman–Crippen LogP) is 4.27. The molecule has 1 aliphatic rings. The molecule has 0 aromatic heterocycles. The molecular weight excluding hydrogens is 331 g/mol. The number of nitrogens with one attached hydrogen (secondary N) is 1. The van der Waals surface area contributed by atoms with Crippen LogP contribution < -0.4 is 11.1 Å². The molecule has 0 spiro atoms. The van der Waals surface area contributed by atoms with Gasteiger partial charge in [-0.25, -0.2) is 0 Å². The van der Waals surface area contributed by atoms with E-state index in [-0.39, 0.29) is 18.0 Å². The van der Waals surface area contributed by atoms with Gasteiger partial charge in [-0.3, -0.25) is 4.79 Å². The molecule has 120 valence electrons. The normalized spacial score (nSPS) is 20.5. The predicted molar refractivity (Wildman–Crippen MR) is 95.0 cm³/mol. The molecule has 3 N–H and O–H groups in total. The van der Waals surface area contributed by atoms with Gasteiger partial charge in [-0.1, -0.05) is 35.3 Å². The van der Waals surface area contributed by atoms with Crippen molar-refractivity contribution in [1.82, 2.24) is 5.32 Å². The quantitative estimate of drug-likeness (QED) is 0.869. The van der Waals surface area contributed by atoms with Crippen molar-refractivity contribution in [2.45, 2.75) is 31.3 Å². The third-order valence-corrected chi connectivity index (χ3v) is 4.74. The van der Waals surface area contributed by atoms with Crippen molar-refractivity contribution >= 4 is 29.1 Å². The van der Waals surface area contributed by atoms with Crippen LogP contribution in [0.25, 0.3) is 11.1 Å². The zero-order chi connectivity index (χ0) is 16.4. The third kappa shape index (κ3) is 3.86. The van der Waals surface area contributed by atoms with Crippen LogP contribution in [-0.4, -0.2) is 18.0 Å². The van der Waals surface area contributed by atoms with E-state index in [1.165, 1.54) is 0 Å². The summed E-state index contributed by atoms with van der Waals surface area (Å²) in [5, 5.41) is 4.27. The van der Waals surface area contributed by atoms with Crippen LogP contribution in [0.1, 0.15) is 29.6 Å². The van der Waals surface area contributed by atoms with Crippen molar-refractivity contribution in [2.75, 3.05) is 0 Å². The number of carbonyl (C=O) groups excluding carboxylic acids is 1. The smallest absolute Gasteiger partial charge is 0.251 e. The lowest BCUT2D eigenvalue weighted by atomic mass is 10.0. The minimum absolute atomic E-state index is 0.0795. The van der Waals surface area contributed by atoms with E-state index in [9.17, 15) is 4.79 Å². The minimum Gasteiger partial charge on any atom is -0.349 e. The molecular formula is C18H18Cl2N2O. The van der Waals surface area contributed by atoms with E-state index in [1.807, 2.05) is 18.2 Å². The topological polar surface area (TPSA) is 55.1 Å². The minimum atomic E-state index is -0.0795. The summed E-state index contributed by atoms with van der Waals surface area (Å²) in [7, 11) is 0. The summed E-state index contributed by atoms with van der Waals surface area (Å²) in [6.45, 7) is 0. The van der Waals surface area contributed by atoms with E-state index >= 15 is 0 Å². The third-order valence-electron chi connectivity index (χ3n) is 4.17. The summed E-state index contributed by atoms with van der Waals surface area (Å²) in [4.78, 5) is 12.4. The van der Waals surface area contributed by atoms with E-state index in [0.717, 1.165) is 30.4 Å². The maximum atomic E-state index is 12.4. The number of hydrogen-bond acceptors (Lipinski definition) is 2. The molecule has 0 heterocycles. The van der Waals surface area contributed by atoms with Crippen LogP contribution in [0, 0.1) is 0 Å². The molecule has 2 aromatic carbocycles. The Hall–Kier alpha value is -1.55. The van der Waals surface area contributed by atoms with Gasteiger partial charge in [-0.05, 0) is 55.2 Å². The first-order valence-electron chi connectivity index (χ1n) is 7.65. The molecule has 2 atom stereocenters. The van der Waals surface area contributed by atoms with E-state index in [2.05, 4.69) is 5.32 Å². The second-order valence-corrected chi connectivity index (χ2v) is 6.79. The molecule has 0 aliphatic heterocycles. The Labute approximate surface area is 145 Å². The summed E-state index contributed by atoms with van der Waals surface area (Å²) in [5.41, 5.74) is 8.19. The summed E-state index contributed by atoms with van der Waals surface area (Å²) >= 11 is 12.3. The van der Waals surface area contributed by atoms with Crippen molar-refractivity contribution < 1.29 is 4.79 Å². The lowest BCUT2D eigenvalue weighted by molar-refractivity contribution is 0.0937. The highest BCUT2D eigenvalue weighted by atomic mass is 35.5. The molecule has 23 heavy (non-hydrogen) atoms. The molecule has 5 heteroatoms. The van der Waals surface area contributed by atoms with E-state index in [1.54, 1.807) is 24.3 Å². The van der Waals surface area contributed by atoms with Gasteiger partial charge in [0.2, 0.25) is 0 Å². The van der Waals surface area contributed by atoms with Crippen LogP contribution in [0.5, 0.6) is 0 Å². The molecule has 3 nitrogen and oxygen atoms in total. The first kappa shape index (κ1) is 16.3. The average Bonchev–Trinajstić information content (AvgIpc) is 2.95. The number of carbonyl (C=O) groups is 1. The largest absolute Gasteiger partial charge is 0.349 e. The van der Waals surface area contributed by atoms with E-state index in [0.29, 0.717) is 15.6 Å². The highest BCUT2D eigenvalue weighted by Crippen LogP contribution is 2.31. The van der Waals surface area contributed by atoms with Gasteiger partial charge in [-0.2, -0.15) is 0 Å². The molecule has 2 aromatic rings. The standard InChI is InChI=1S/C18H18Cl2N2O/c19-13-4-7-17(20)16(9-13)11-2-1-3-12(8-11)18(23)22-15-6-5-14(21)10-15/h1-4,7-9,14-15H,5-6,10,21H2,(H,22,23). The number of hydrogen-bond donors (Lipinski definition) is 2. The molecule has 1 fully saturated rings. The Morgan fingerprint density at radius 2 is 1.96 bits per heavy atom. The number of nitrogens with two attached hydrogens (primary N) is 1. The van der Waals surface area contributed by atoms with Crippen LogP contribution >= 0.6 is 23.2 Å². The van der Waals surface area contributed by atoms with Crippen LogP contribution in [0.15, 0.2) is 42.5 Å².